The first-order valence-electron chi connectivity index (χ1n) is 9.16. The Labute approximate surface area is 178 Å². The molecule has 6 nitrogen and oxygen atoms in total. The van der Waals surface area contributed by atoms with Gasteiger partial charge in [0.05, 0.1) is 0 Å². The summed E-state index contributed by atoms with van der Waals surface area (Å²) in [6, 6.07) is 15.0. The zero-order valence-electron chi connectivity index (χ0n) is 16.1. The van der Waals surface area contributed by atoms with Gasteiger partial charge in [0.25, 0.3) is 0 Å². The average molecular weight is 429 g/mol. The van der Waals surface area contributed by atoms with Crippen LogP contribution in [0.3, 0.4) is 0 Å². The van der Waals surface area contributed by atoms with Crippen molar-refractivity contribution in [2.75, 3.05) is 18.0 Å². The summed E-state index contributed by atoms with van der Waals surface area (Å²) in [5.74, 6) is -0.474. The number of aromatic amines is 1. The number of hydrogen-bond donors (Lipinski definition) is 2. The fraction of sp³-hybridized carbons (Fsp3) is 0.190. The van der Waals surface area contributed by atoms with Crippen LogP contribution in [0.4, 0.5) is 5.69 Å². The summed E-state index contributed by atoms with van der Waals surface area (Å²) in [4.78, 5) is 18.5. The molecule has 0 aliphatic heterocycles. The highest BCUT2D eigenvalue weighted by molar-refractivity contribution is 8.04. The number of rotatable bonds is 8. The molecule has 29 heavy (non-hydrogen) atoms. The third kappa shape index (κ3) is 5.40. The Morgan fingerprint density at radius 1 is 1.14 bits per heavy atom. The molecule has 0 amide bonds. The second-order valence-corrected chi connectivity index (χ2v) is 7.60. The van der Waals surface area contributed by atoms with Crippen molar-refractivity contribution in [1.29, 1.82) is 0 Å². The van der Waals surface area contributed by atoms with E-state index in [1.54, 1.807) is 18.2 Å². The summed E-state index contributed by atoms with van der Waals surface area (Å²) in [6.07, 6.45) is 1.62. The van der Waals surface area contributed by atoms with Crippen molar-refractivity contribution in [1.82, 2.24) is 15.2 Å². The molecule has 0 saturated heterocycles. The Bertz CT molecular complexity index is 996. The summed E-state index contributed by atoms with van der Waals surface area (Å²) < 4.78 is 0. The number of aliphatic carboxylic acids is 1. The predicted molar refractivity (Wildman–Crippen MR) is 118 cm³/mol. The molecule has 0 fully saturated rings. The third-order valence-electron chi connectivity index (χ3n) is 4.31. The van der Waals surface area contributed by atoms with E-state index in [-0.39, 0.29) is 4.91 Å². The normalized spacial score (nSPS) is 11.5. The molecule has 1 aromatic heterocycles. The van der Waals surface area contributed by atoms with Gasteiger partial charge in [-0.15, -0.1) is 5.10 Å². The minimum atomic E-state index is -1.03. The Morgan fingerprint density at radius 2 is 1.79 bits per heavy atom. The van der Waals surface area contributed by atoms with E-state index in [4.69, 9.17) is 11.6 Å². The van der Waals surface area contributed by atoms with E-state index in [0.29, 0.717) is 16.0 Å². The zero-order valence-corrected chi connectivity index (χ0v) is 17.7. The number of aromatic nitrogens is 3. The van der Waals surface area contributed by atoms with Crippen LogP contribution in [0.25, 0.3) is 17.5 Å². The first-order chi connectivity index (χ1) is 14.0. The van der Waals surface area contributed by atoms with Gasteiger partial charge in [-0.05, 0) is 73.6 Å². The number of nitrogens with zero attached hydrogens (tertiary/aromatic N) is 3. The lowest BCUT2D eigenvalue weighted by Crippen LogP contribution is -2.21. The van der Waals surface area contributed by atoms with Crippen LogP contribution in [-0.2, 0) is 4.79 Å². The van der Waals surface area contributed by atoms with Crippen molar-refractivity contribution in [2.24, 2.45) is 0 Å². The molecule has 0 aliphatic rings. The molecule has 0 bridgehead atoms. The molecule has 8 heteroatoms. The summed E-state index contributed by atoms with van der Waals surface area (Å²) >= 11 is 6.90. The fourth-order valence-corrected chi connectivity index (χ4v) is 3.62. The Kier molecular flexibility index (Phi) is 6.95. The van der Waals surface area contributed by atoms with Crippen LogP contribution in [0.5, 0.6) is 0 Å². The van der Waals surface area contributed by atoms with Gasteiger partial charge in [-0.1, -0.05) is 23.7 Å². The van der Waals surface area contributed by atoms with Crippen molar-refractivity contribution < 1.29 is 9.90 Å². The largest absolute Gasteiger partial charge is 0.477 e. The van der Waals surface area contributed by atoms with Gasteiger partial charge in [0.1, 0.15) is 4.91 Å². The second-order valence-electron chi connectivity index (χ2n) is 6.15. The maximum Gasteiger partial charge on any atom is 0.342 e. The number of nitrogens with one attached hydrogen (secondary N) is 1. The minimum Gasteiger partial charge on any atom is -0.477 e. The van der Waals surface area contributed by atoms with E-state index < -0.39 is 5.97 Å². The van der Waals surface area contributed by atoms with Crippen LogP contribution in [0.2, 0.25) is 5.02 Å². The van der Waals surface area contributed by atoms with E-state index in [2.05, 4.69) is 33.9 Å². The van der Waals surface area contributed by atoms with Crippen LogP contribution < -0.4 is 4.90 Å². The molecule has 3 rings (SSSR count). The number of hydrogen-bond acceptors (Lipinski definition) is 5. The van der Waals surface area contributed by atoms with E-state index in [9.17, 15) is 9.90 Å². The van der Waals surface area contributed by atoms with Crippen LogP contribution in [0.15, 0.2) is 58.6 Å². The van der Waals surface area contributed by atoms with Crippen LogP contribution in [0, 0.1) is 0 Å². The smallest absolute Gasteiger partial charge is 0.342 e. The molecular weight excluding hydrogens is 408 g/mol. The van der Waals surface area contributed by atoms with E-state index >= 15 is 0 Å². The maximum atomic E-state index is 11.7. The van der Waals surface area contributed by atoms with Gasteiger partial charge in [0, 0.05) is 29.4 Å². The number of benzene rings is 2. The molecule has 150 valence electrons. The van der Waals surface area contributed by atoms with Crippen molar-refractivity contribution in [2.45, 2.75) is 19.0 Å². The second kappa shape index (κ2) is 9.62. The third-order valence-corrected chi connectivity index (χ3v) is 5.44. The van der Waals surface area contributed by atoms with E-state index in [1.807, 2.05) is 36.4 Å². The summed E-state index contributed by atoms with van der Waals surface area (Å²) in [7, 11) is 0. The number of carboxylic acids is 1. The lowest BCUT2D eigenvalue weighted by molar-refractivity contribution is -0.131. The Balaban J connectivity index is 1.78. The summed E-state index contributed by atoms with van der Waals surface area (Å²) in [5.41, 5.74) is 2.74. The molecule has 0 saturated carbocycles. The molecule has 2 N–H and O–H groups in total. The van der Waals surface area contributed by atoms with Crippen LogP contribution >= 0.6 is 23.4 Å². The number of thioether (sulfide) groups is 1. The van der Waals surface area contributed by atoms with Gasteiger partial charge < -0.3 is 10.0 Å². The quantitative estimate of drug-likeness (QED) is 0.379. The van der Waals surface area contributed by atoms with Gasteiger partial charge >= 0.3 is 5.97 Å². The first-order valence-corrected chi connectivity index (χ1v) is 10.4. The molecule has 1 heterocycles. The topological polar surface area (TPSA) is 82.1 Å². The van der Waals surface area contributed by atoms with Gasteiger partial charge in [0.15, 0.2) is 5.82 Å². The number of anilines is 1. The van der Waals surface area contributed by atoms with Gasteiger partial charge in [-0.25, -0.2) is 9.78 Å². The number of carbonyl (C=O) groups is 1. The highest BCUT2D eigenvalue weighted by Crippen LogP contribution is 2.28. The highest BCUT2D eigenvalue weighted by atomic mass is 35.5. The van der Waals surface area contributed by atoms with Gasteiger partial charge in [-0.2, -0.15) is 0 Å². The number of H-pyrrole nitrogens is 1. The van der Waals surface area contributed by atoms with Gasteiger partial charge in [0.2, 0.25) is 5.16 Å². The number of halogens is 1. The SMILES string of the molecule is CCN(CC)c1ccc(/C=C(\Sc2n[nH]c(-c3ccc(Cl)cc3)n2)C(=O)O)cc1. The molecule has 0 spiro atoms. The fourth-order valence-electron chi connectivity index (χ4n) is 2.78. The van der Waals surface area contributed by atoms with E-state index in [1.165, 1.54) is 0 Å². The van der Waals surface area contributed by atoms with Crippen molar-refractivity contribution in [3.8, 4) is 11.4 Å². The lowest BCUT2D eigenvalue weighted by Gasteiger charge is -2.20. The Hall–Kier alpha value is -2.77. The molecule has 0 unspecified atom stereocenters. The monoisotopic (exact) mass is 428 g/mol. The molecule has 3 aromatic rings. The highest BCUT2D eigenvalue weighted by Gasteiger charge is 2.14. The van der Waals surface area contributed by atoms with Crippen LogP contribution in [-0.4, -0.2) is 39.3 Å². The predicted octanol–water partition coefficient (Wildman–Crippen LogP) is 5.19. The number of carboxylic acid groups (broad SMARTS) is 1. The minimum absolute atomic E-state index is 0.141. The van der Waals surface area contributed by atoms with Crippen LogP contribution in [0.1, 0.15) is 19.4 Å². The summed E-state index contributed by atoms with van der Waals surface area (Å²) in [6.45, 7) is 6.04. The maximum absolute atomic E-state index is 11.7. The zero-order chi connectivity index (χ0) is 20.8. The Morgan fingerprint density at radius 3 is 2.38 bits per heavy atom. The van der Waals surface area contributed by atoms with Crippen molar-refractivity contribution >= 4 is 41.1 Å². The molecule has 0 radical (unpaired) electrons. The summed E-state index contributed by atoms with van der Waals surface area (Å²) in [5, 5.41) is 17.5. The van der Waals surface area contributed by atoms with E-state index in [0.717, 1.165) is 41.7 Å². The van der Waals surface area contributed by atoms with Crippen molar-refractivity contribution in [3.05, 3.63) is 64.0 Å². The molecule has 2 aromatic carbocycles. The molecule has 0 atom stereocenters. The van der Waals surface area contributed by atoms with Gasteiger partial charge in [-0.3, -0.25) is 5.10 Å². The lowest BCUT2D eigenvalue weighted by atomic mass is 10.2. The molecular formula is C21H21ClN4O2S. The molecule has 0 aliphatic carbocycles. The van der Waals surface area contributed by atoms with Crippen molar-refractivity contribution in [3.63, 3.8) is 0 Å². The first kappa shape index (κ1) is 21.0. The average Bonchev–Trinajstić information content (AvgIpc) is 3.18. The standard InChI is InChI=1S/C21H21ClN4O2S/c1-3-26(4-2)17-11-5-14(6-12-17)13-18(20(27)28)29-21-23-19(24-25-21)15-7-9-16(22)10-8-15/h5-13H,3-4H2,1-2H3,(H,27,28)(H,23,24,25)/b18-13-.